The third-order valence-electron chi connectivity index (χ3n) is 9.20. The molecule has 2 spiro atoms. The molecule has 0 aromatic heterocycles. The van der Waals surface area contributed by atoms with Crippen LogP contribution < -0.4 is 15.4 Å². The minimum absolute atomic E-state index is 0.172. The molecule has 0 radical (unpaired) electrons. The fourth-order valence-electron chi connectivity index (χ4n) is 8.05. The van der Waals surface area contributed by atoms with Crippen LogP contribution in [0.1, 0.15) is 45.5 Å². The van der Waals surface area contributed by atoms with Crippen molar-refractivity contribution < 1.29 is 19.1 Å². The van der Waals surface area contributed by atoms with Crippen molar-refractivity contribution in [3.05, 3.63) is 88.5 Å². The lowest BCUT2D eigenvalue weighted by Gasteiger charge is -2.43. The summed E-state index contributed by atoms with van der Waals surface area (Å²) >= 11 is 0. The molecule has 2 amide bonds. The lowest BCUT2D eigenvalue weighted by atomic mass is 9.57. The van der Waals surface area contributed by atoms with Gasteiger partial charge in [0.2, 0.25) is 5.91 Å². The van der Waals surface area contributed by atoms with Gasteiger partial charge in [-0.05, 0) is 62.6 Å². The molecule has 0 unspecified atom stereocenters. The number of ether oxygens (including phenoxy) is 1. The summed E-state index contributed by atoms with van der Waals surface area (Å²) in [5.41, 5.74) is 2.45. The third kappa shape index (κ3) is 2.50. The number of rotatable bonds is 3. The highest BCUT2D eigenvalue weighted by Gasteiger charge is 2.81. The monoisotopic (exact) mass is 507 g/mol. The lowest BCUT2D eigenvalue weighted by molar-refractivity contribution is -0.137. The maximum Gasteiger partial charge on any atom is 0.251 e. The average molecular weight is 508 g/mol. The van der Waals surface area contributed by atoms with Crippen LogP contribution in [0.15, 0.2) is 60.7 Å². The van der Waals surface area contributed by atoms with E-state index >= 15 is 0 Å². The zero-order valence-corrected chi connectivity index (χ0v) is 21.6. The molecule has 3 aromatic carbocycles. The fraction of sp³-hybridized carbons (Fsp3) is 0.323. The average Bonchev–Trinajstić information content (AvgIpc) is 3.63. The van der Waals surface area contributed by atoms with Crippen molar-refractivity contribution in [2.24, 2.45) is 5.92 Å². The normalized spacial score (nSPS) is 28.8. The number of carbonyl (C=O) groups excluding carboxylic acids is 3. The first kappa shape index (κ1) is 23.2. The number of aryl methyl sites for hydroxylation is 2. The van der Waals surface area contributed by atoms with Crippen LogP contribution in [-0.2, 0) is 20.5 Å². The van der Waals surface area contributed by atoms with E-state index < -0.39 is 16.9 Å². The van der Waals surface area contributed by atoms with Gasteiger partial charge in [-0.15, -0.1) is 0 Å². The predicted octanol–water partition coefficient (Wildman–Crippen LogP) is 4.33. The van der Waals surface area contributed by atoms with Crippen LogP contribution in [0.3, 0.4) is 0 Å². The van der Waals surface area contributed by atoms with Crippen LogP contribution >= 0.6 is 0 Å². The van der Waals surface area contributed by atoms with E-state index in [1.54, 1.807) is 19.2 Å². The molecule has 192 valence electrons. The molecule has 4 atom stereocenters. The number of methoxy groups -OCH3 is 1. The number of nitrogens with one attached hydrogen (secondary N) is 2. The smallest absolute Gasteiger partial charge is 0.251 e. The molecule has 7 heteroatoms. The molecular formula is C31H29N3O4. The summed E-state index contributed by atoms with van der Waals surface area (Å²) in [4.78, 5) is 46.0. The van der Waals surface area contributed by atoms with E-state index in [0.717, 1.165) is 35.2 Å². The Morgan fingerprint density at radius 3 is 2.55 bits per heavy atom. The van der Waals surface area contributed by atoms with E-state index in [9.17, 15) is 14.4 Å². The minimum Gasteiger partial charge on any atom is -0.496 e. The van der Waals surface area contributed by atoms with Crippen molar-refractivity contribution in [2.75, 3.05) is 24.3 Å². The number of ketones is 1. The summed E-state index contributed by atoms with van der Waals surface area (Å²) in [7, 11) is 1.55. The summed E-state index contributed by atoms with van der Waals surface area (Å²) in [5.74, 6) is -1.04. The molecule has 2 N–H and O–H groups in total. The van der Waals surface area contributed by atoms with E-state index in [-0.39, 0.29) is 23.6 Å². The van der Waals surface area contributed by atoms with Crippen LogP contribution in [0.25, 0.3) is 0 Å². The number of benzene rings is 3. The maximum atomic E-state index is 14.8. The number of Topliss-reactive ketones (excluding diaryl/α,β-unsaturated/α-hetero) is 1. The molecule has 2 fully saturated rings. The van der Waals surface area contributed by atoms with Crippen LogP contribution in [-0.4, -0.2) is 42.2 Å². The molecule has 2 saturated heterocycles. The maximum absolute atomic E-state index is 14.8. The second-order valence-electron chi connectivity index (χ2n) is 10.9. The van der Waals surface area contributed by atoms with Gasteiger partial charge in [-0.2, -0.15) is 0 Å². The van der Waals surface area contributed by atoms with Crippen LogP contribution in [0.5, 0.6) is 5.75 Å². The van der Waals surface area contributed by atoms with Crippen LogP contribution in [0.2, 0.25) is 0 Å². The lowest BCUT2D eigenvalue weighted by Crippen LogP contribution is -2.62. The number of amides is 2. The molecule has 4 aliphatic heterocycles. The Morgan fingerprint density at radius 1 is 0.974 bits per heavy atom. The molecule has 3 aromatic rings. The Labute approximate surface area is 221 Å². The number of hydrogen-bond donors (Lipinski definition) is 2. The Bertz CT molecular complexity index is 1560. The van der Waals surface area contributed by atoms with Crippen LogP contribution in [0.4, 0.5) is 11.4 Å². The summed E-state index contributed by atoms with van der Waals surface area (Å²) in [6, 6.07) is 18.5. The highest BCUT2D eigenvalue weighted by Crippen LogP contribution is 2.68. The quantitative estimate of drug-likeness (QED) is 0.516. The summed E-state index contributed by atoms with van der Waals surface area (Å²) in [6.07, 6.45) is 1.56. The van der Waals surface area contributed by atoms with E-state index in [1.165, 1.54) is 0 Å². The van der Waals surface area contributed by atoms with Crippen LogP contribution in [0, 0.1) is 19.8 Å². The summed E-state index contributed by atoms with van der Waals surface area (Å²) < 4.78 is 5.60. The molecule has 38 heavy (non-hydrogen) atoms. The summed E-state index contributed by atoms with van der Waals surface area (Å²) in [5, 5.41) is 6.25. The second-order valence-corrected chi connectivity index (χ2v) is 10.9. The van der Waals surface area contributed by atoms with Crippen molar-refractivity contribution in [3.8, 4) is 5.75 Å². The predicted molar refractivity (Wildman–Crippen MR) is 144 cm³/mol. The van der Waals surface area contributed by atoms with Gasteiger partial charge in [0.05, 0.1) is 18.6 Å². The van der Waals surface area contributed by atoms with Crippen molar-refractivity contribution in [3.63, 3.8) is 0 Å². The van der Waals surface area contributed by atoms with Gasteiger partial charge in [-0.25, -0.2) is 0 Å². The molecule has 4 aliphatic rings. The fourth-order valence-corrected chi connectivity index (χ4v) is 8.05. The third-order valence-corrected chi connectivity index (χ3v) is 9.20. The minimum atomic E-state index is -1.46. The van der Waals surface area contributed by atoms with Gasteiger partial charge in [0, 0.05) is 23.0 Å². The standard InChI is InChI=1S/C31H29N3O4/c1-17-15-18(2)26-21(16-17)31(29(37)33-26)30(20-10-5-6-11-22(20)32-28(30)36)25(23-12-8-14-34(23)31)27(35)19-9-4-7-13-24(19)38-3/h4-7,9-11,13,15-16,23,25H,8,12,14H2,1-3H3,(H,32,36)(H,33,37)/t23-,25-,30+,31+/m0/s1. The highest BCUT2D eigenvalue weighted by atomic mass is 16.5. The van der Waals surface area contributed by atoms with Gasteiger partial charge in [0.15, 0.2) is 5.78 Å². The van der Waals surface area contributed by atoms with Crippen molar-refractivity contribution in [2.45, 2.75) is 43.7 Å². The first-order chi connectivity index (χ1) is 18.4. The number of anilines is 2. The summed E-state index contributed by atoms with van der Waals surface area (Å²) in [6.45, 7) is 4.61. The zero-order chi connectivity index (χ0) is 26.4. The molecule has 7 nitrogen and oxygen atoms in total. The number of carbonyl (C=O) groups is 3. The molecule has 7 rings (SSSR count). The van der Waals surface area contributed by atoms with Crippen molar-refractivity contribution in [1.82, 2.24) is 4.90 Å². The molecule has 0 aliphatic carbocycles. The van der Waals surface area contributed by atoms with Gasteiger partial charge < -0.3 is 15.4 Å². The molecule has 0 bridgehead atoms. The van der Waals surface area contributed by atoms with Crippen molar-refractivity contribution >= 4 is 29.0 Å². The Morgan fingerprint density at radius 2 is 1.74 bits per heavy atom. The number of fused-ring (bicyclic) bond motifs is 7. The second kappa shape index (κ2) is 7.77. The Balaban J connectivity index is 1.61. The van der Waals surface area contributed by atoms with E-state index in [0.29, 0.717) is 29.1 Å². The van der Waals surface area contributed by atoms with Gasteiger partial charge in [-0.1, -0.05) is 48.0 Å². The molecular weight excluding hydrogens is 478 g/mol. The highest BCUT2D eigenvalue weighted by molar-refractivity contribution is 6.21. The number of para-hydroxylation sites is 2. The zero-order valence-electron chi connectivity index (χ0n) is 21.6. The topological polar surface area (TPSA) is 87.7 Å². The SMILES string of the molecule is COc1ccccc1C(=O)[C@@H]1[C@@H]2CCCN2[C@]2(C(=O)Nc3c(C)cc(C)cc32)[C@@]12C(=O)Nc1ccccc12. The van der Waals surface area contributed by atoms with Crippen molar-refractivity contribution in [1.29, 1.82) is 0 Å². The van der Waals surface area contributed by atoms with E-state index in [4.69, 9.17) is 4.74 Å². The first-order valence-corrected chi connectivity index (χ1v) is 13.2. The Hall–Kier alpha value is -3.97. The van der Waals surface area contributed by atoms with Gasteiger partial charge in [0.25, 0.3) is 5.91 Å². The van der Waals surface area contributed by atoms with E-state index in [2.05, 4.69) is 15.5 Å². The van der Waals surface area contributed by atoms with Gasteiger partial charge in [-0.3, -0.25) is 19.3 Å². The van der Waals surface area contributed by atoms with Gasteiger partial charge in [0.1, 0.15) is 16.7 Å². The Kier molecular flexibility index (Phi) is 4.74. The number of hydrogen-bond acceptors (Lipinski definition) is 5. The van der Waals surface area contributed by atoms with Gasteiger partial charge >= 0.3 is 0 Å². The van der Waals surface area contributed by atoms with E-state index in [1.807, 2.05) is 62.4 Å². The number of nitrogens with zero attached hydrogens (tertiary/aromatic N) is 1. The first-order valence-electron chi connectivity index (χ1n) is 13.2. The largest absolute Gasteiger partial charge is 0.496 e. The molecule has 4 heterocycles. The molecule has 0 saturated carbocycles.